The molecule has 1 aliphatic heterocycles. The molecule has 2 aliphatic rings. The molecule has 0 unspecified atom stereocenters. The predicted octanol–water partition coefficient (Wildman–Crippen LogP) is 4.62. The Balaban J connectivity index is 1.37. The van der Waals surface area contributed by atoms with Crippen molar-refractivity contribution in [2.75, 3.05) is 39.3 Å². The molecule has 3 rings (SSSR count). The number of allylic oxidation sites excluding steroid dienone is 2. The van der Waals surface area contributed by atoms with Crippen LogP contribution in [0.5, 0.6) is 0 Å². The van der Waals surface area contributed by atoms with Crippen molar-refractivity contribution in [1.82, 2.24) is 9.80 Å². The lowest BCUT2D eigenvalue weighted by molar-refractivity contribution is 0.150. The lowest BCUT2D eigenvalue weighted by atomic mass is 9.85. The molecule has 134 valence electrons. The van der Waals surface area contributed by atoms with Crippen LogP contribution in [-0.4, -0.2) is 49.1 Å². The molecule has 2 nitrogen and oxygen atoms in total. The number of hydrogen-bond acceptors (Lipinski definition) is 2. The molecule has 2 heteroatoms. The summed E-state index contributed by atoms with van der Waals surface area (Å²) in [5.41, 5.74) is 4.29. The summed E-state index contributed by atoms with van der Waals surface area (Å²) in [5, 5.41) is 0. The van der Waals surface area contributed by atoms with E-state index in [2.05, 4.69) is 71.9 Å². The van der Waals surface area contributed by atoms with Crippen LogP contribution in [0.3, 0.4) is 0 Å². The Kier molecular flexibility index (Phi) is 6.66. The first-order valence-electron chi connectivity index (χ1n) is 9.70. The van der Waals surface area contributed by atoms with E-state index in [0.29, 0.717) is 0 Å². The average Bonchev–Trinajstić information content (AvgIpc) is 2.64. The third-order valence-corrected chi connectivity index (χ3v) is 5.57. The molecule has 1 heterocycles. The van der Waals surface area contributed by atoms with E-state index in [0.717, 1.165) is 12.5 Å². The zero-order valence-corrected chi connectivity index (χ0v) is 15.7. The van der Waals surface area contributed by atoms with Gasteiger partial charge in [0.25, 0.3) is 0 Å². The van der Waals surface area contributed by atoms with Gasteiger partial charge in [0.05, 0.1) is 0 Å². The maximum Gasteiger partial charge on any atom is 0.0193 e. The van der Waals surface area contributed by atoms with Gasteiger partial charge in [-0.2, -0.15) is 0 Å². The molecule has 0 amide bonds. The van der Waals surface area contributed by atoms with Crippen LogP contribution in [0.2, 0.25) is 0 Å². The fourth-order valence-electron chi connectivity index (χ4n) is 3.80. The van der Waals surface area contributed by atoms with E-state index >= 15 is 0 Å². The Morgan fingerprint density at radius 1 is 1.12 bits per heavy atom. The SMILES string of the molecule is C=C(C)[C@H]1CC=C(CN2CCN(CC=Cc3ccccc3)CC2)CC1. The smallest absolute Gasteiger partial charge is 0.0193 e. The number of piperazine rings is 1. The predicted molar refractivity (Wildman–Crippen MR) is 109 cm³/mol. The van der Waals surface area contributed by atoms with Gasteiger partial charge in [-0.3, -0.25) is 9.80 Å². The second-order valence-electron chi connectivity index (χ2n) is 7.57. The van der Waals surface area contributed by atoms with E-state index in [1.54, 1.807) is 5.57 Å². The van der Waals surface area contributed by atoms with E-state index in [9.17, 15) is 0 Å². The molecular weight excluding hydrogens is 304 g/mol. The second kappa shape index (κ2) is 9.17. The number of benzene rings is 1. The largest absolute Gasteiger partial charge is 0.297 e. The first-order chi connectivity index (χ1) is 12.2. The van der Waals surface area contributed by atoms with Crippen molar-refractivity contribution in [3.63, 3.8) is 0 Å². The minimum absolute atomic E-state index is 0.719. The zero-order valence-electron chi connectivity index (χ0n) is 15.7. The monoisotopic (exact) mass is 336 g/mol. The highest BCUT2D eigenvalue weighted by Crippen LogP contribution is 2.28. The normalized spacial score (nSPS) is 22.9. The molecule has 1 fully saturated rings. The summed E-state index contributed by atoms with van der Waals surface area (Å²) in [4.78, 5) is 5.19. The minimum atomic E-state index is 0.719. The summed E-state index contributed by atoms with van der Waals surface area (Å²) in [7, 11) is 0. The molecule has 25 heavy (non-hydrogen) atoms. The van der Waals surface area contributed by atoms with E-state index in [-0.39, 0.29) is 0 Å². The number of nitrogens with zero attached hydrogens (tertiary/aromatic N) is 2. The summed E-state index contributed by atoms with van der Waals surface area (Å²) < 4.78 is 0. The molecule has 1 atom stereocenters. The highest BCUT2D eigenvalue weighted by molar-refractivity contribution is 5.48. The first kappa shape index (κ1) is 18.2. The summed E-state index contributed by atoms with van der Waals surface area (Å²) in [6.45, 7) is 13.3. The van der Waals surface area contributed by atoms with Gasteiger partial charge in [0.2, 0.25) is 0 Å². The van der Waals surface area contributed by atoms with Gasteiger partial charge in [-0.15, -0.1) is 0 Å². The lowest BCUT2D eigenvalue weighted by Crippen LogP contribution is -2.46. The molecule has 1 aromatic rings. The highest BCUT2D eigenvalue weighted by atomic mass is 15.3. The van der Waals surface area contributed by atoms with Crippen molar-refractivity contribution in [2.24, 2.45) is 5.92 Å². The standard InChI is InChI=1S/C23H32N2/c1-20(2)23-12-10-22(11-13-23)19-25-17-15-24(16-18-25)14-6-9-21-7-4-3-5-8-21/h3-10,23H,1,11-19H2,2H3/t23-/m0/s1. The van der Waals surface area contributed by atoms with Gasteiger partial charge in [0.15, 0.2) is 0 Å². The number of rotatable bonds is 6. The van der Waals surface area contributed by atoms with E-state index < -0.39 is 0 Å². The molecule has 1 saturated heterocycles. The van der Waals surface area contributed by atoms with Gasteiger partial charge in [-0.1, -0.05) is 66.3 Å². The quantitative estimate of drug-likeness (QED) is 0.699. The fourth-order valence-corrected chi connectivity index (χ4v) is 3.80. The van der Waals surface area contributed by atoms with Crippen LogP contribution in [0.15, 0.2) is 60.2 Å². The van der Waals surface area contributed by atoms with Gasteiger partial charge >= 0.3 is 0 Å². The van der Waals surface area contributed by atoms with Crippen LogP contribution < -0.4 is 0 Å². The molecule has 0 radical (unpaired) electrons. The van der Waals surface area contributed by atoms with Crippen molar-refractivity contribution in [1.29, 1.82) is 0 Å². The lowest BCUT2D eigenvalue weighted by Gasteiger charge is -2.35. The molecule has 1 aliphatic carbocycles. The van der Waals surface area contributed by atoms with Crippen molar-refractivity contribution in [2.45, 2.75) is 26.2 Å². The zero-order chi connectivity index (χ0) is 17.5. The van der Waals surface area contributed by atoms with Crippen molar-refractivity contribution < 1.29 is 0 Å². The first-order valence-corrected chi connectivity index (χ1v) is 9.70. The second-order valence-corrected chi connectivity index (χ2v) is 7.57. The Labute approximate surface area is 153 Å². The Bertz CT molecular complexity index is 606. The topological polar surface area (TPSA) is 6.48 Å². The fraction of sp³-hybridized carbons (Fsp3) is 0.478. The summed E-state index contributed by atoms with van der Waals surface area (Å²) in [6, 6.07) is 10.6. The van der Waals surface area contributed by atoms with Crippen molar-refractivity contribution >= 4 is 6.08 Å². The number of hydrogen-bond donors (Lipinski definition) is 0. The third-order valence-electron chi connectivity index (χ3n) is 5.57. The Morgan fingerprint density at radius 3 is 2.48 bits per heavy atom. The molecule has 0 N–H and O–H groups in total. The molecule has 0 saturated carbocycles. The third kappa shape index (κ3) is 5.69. The summed E-state index contributed by atoms with van der Waals surface area (Å²) in [5.74, 6) is 0.719. The molecular formula is C23H32N2. The van der Waals surface area contributed by atoms with Crippen LogP contribution in [0.25, 0.3) is 6.08 Å². The van der Waals surface area contributed by atoms with Crippen LogP contribution >= 0.6 is 0 Å². The van der Waals surface area contributed by atoms with Gasteiger partial charge in [0, 0.05) is 39.3 Å². The van der Waals surface area contributed by atoms with E-state index in [1.807, 2.05) is 0 Å². The Morgan fingerprint density at radius 2 is 1.84 bits per heavy atom. The average molecular weight is 337 g/mol. The van der Waals surface area contributed by atoms with E-state index in [4.69, 9.17) is 0 Å². The van der Waals surface area contributed by atoms with Gasteiger partial charge in [-0.25, -0.2) is 0 Å². The highest BCUT2D eigenvalue weighted by Gasteiger charge is 2.19. The molecule has 0 spiro atoms. The van der Waals surface area contributed by atoms with Crippen LogP contribution in [0, 0.1) is 5.92 Å². The summed E-state index contributed by atoms with van der Waals surface area (Å²) >= 11 is 0. The summed E-state index contributed by atoms with van der Waals surface area (Å²) in [6.07, 6.45) is 10.8. The maximum atomic E-state index is 4.12. The van der Waals surface area contributed by atoms with Gasteiger partial charge in [0.1, 0.15) is 0 Å². The van der Waals surface area contributed by atoms with Crippen LogP contribution in [0.4, 0.5) is 0 Å². The Hall–Kier alpha value is -1.64. The molecule has 1 aromatic carbocycles. The van der Waals surface area contributed by atoms with E-state index in [1.165, 1.54) is 63.1 Å². The van der Waals surface area contributed by atoms with Crippen LogP contribution in [-0.2, 0) is 0 Å². The van der Waals surface area contributed by atoms with Gasteiger partial charge < -0.3 is 0 Å². The molecule has 0 aromatic heterocycles. The molecule has 0 bridgehead atoms. The van der Waals surface area contributed by atoms with Crippen molar-refractivity contribution in [3.05, 3.63) is 65.8 Å². The van der Waals surface area contributed by atoms with Crippen LogP contribution in [0.1, 0.15) is 31.7 Å². The minimum Gasteiger partial charge on any atom is -0.297 e. The van der Waals surface area contributed by atoms with Crippen molar-refractivity contribution in [3.8, 4) is 0 Å². The maximum absolute atomic E-state index is 4.12. The van der Waals surface area contributed by atoms with Gasteiger partial charge in [-0.05, 0) is 37.7 Å².